The summed E-state index contributed by atoms with van der Waals surface area (Å²) in [7, 11) is 1.58. The molecule has 0 aliphatic carbocycles. The van der Waals surface area contributed by atoms with Gasteiger partial charge in [-0.1, -0.05) is 36.4 Å². The van der Waals surface area contributed by atoms with Crippen molar-refractivity contribution in [3.8, 4) is 0 Å². The number of carbonyl (C=O) groups is 1. The molecule has 2 aromatic carbocycles. The molecule has 27 heavy (non-hydrogen) atoms. The van der Waals surface area contributed by atoms with E-state index in [4.69, 9.17) is 21.7 Å². The van der Waals surface area contributed by atoms with Crippen LogP contribution in [0.25, 0.3) is 10.8 Å². The molecule has 0 saturated heterocycles. The number of nitrogens with zero attached hydrogens (tertiary/aromatic N) is 1. The van der Waals surface area contributed by atoms with Crippen LogP contribution in [0.5, 0.6) is 0 Å². The molecule has 2 aromatic rings. The Morgan fingerprint density at radius 2 is 1.93 bits per heavy atom. The van der Waals surface area contributed by atoms with E-state index in [-0.39, 0.29) is 18.6 Å². The van der Waals surface area contributed by atoms with Crippen LogP contribution in [0.3, 0.4) is 0 Å². The zero-order valence-corrected chi connectivity index (χ0v) is 16.6. The number of hydrogen-bond donors (Lipinski definition) is 1. The Morgan fingerprint density at radius 3 is 2.63 bits per heavy atom. The summed E-state index contributed by atoms with van der Waals surface area (Å²) in [5.41, 5.74) is 2.38. The molecule has 0 radical (unpaired) electrons. The second-order valence-corrected chi connectivity index (χ2v) is 6.75. The van der Waals surface area contributed by atoms with Gasteiger partial charge in [-0.25, -0.2) is 4.79 Å². The normalized spacial score (nSPS) is 17.2. The van der Waals surface area contributed by atoms with Crippen molar-refractivity contribution in [2.75, 3.05) is 26.9 Å². The zero-order valence-electron chi connectivity index (χ0n) is 15.8. The average molecular weight is 385 g/mol. The summed E-state index contributed by atoms with van der Waals surface area (Å²) in [5.74, 6) is -0.351. The highest BCUT2D eigenvalue weighted by Gasteiger charge is 2.34. The van der Waals surface area contributed by atoms with E-state index in [1.165, 1.54) is 0 Å². The number of benzene rings is 2. The van der Waals surface area contributed by atoms with E-state index in [0.717, 1.165) is 22.0 Å². The summed E-state index contributed by atoms with van der Waals surface area (Å²) in [6, 6.07) is 14.0. The first-order valence-corrected chi connectivity index (χ1v) is 9.41. The maximum absolute atomic E-state index is 12.9. The van der Waals surface area contributed by atoms with Gasteiger partial charge in [0, 0.05) is 19.4 Å². The number of esters is 1. The van der Waals surface area contributed by atoms with Gasteiger partial charge in [-0.15, -0.1) is 0 Å². The van der Waals surface area contributed by atoms with Crippen LogP contribution in [0.1, 0.15) is 25.5 Å². The number of methoxy groups -OCH3 is 1. The lowest BCUT2D eigenvalue weighted by molar-refractivity contribution is -0.140. The fourth-order valence-electron chi connectivity index (χ4n) is 3.36. The molecule has 1 N–H and O–H groups in total. The summed E-state index contributed by atoms with van der Waals surface area (Å²) < 4.78 is 10.4. The minimum atomic E-state index is -0.351. The maximum atomic E-state index is 12.9. The van der Waals surface area contributed by atoms with Crippen LogP contribution in [-0.4, -0.2) is 42.8 Å². The van der Waals surface area contributed by atoms with E-state index in [0.29, 0.717) is 23.8 Å². The van der Waals surface area contributed by atoms with Gasteiger partial charge in [-0.05, 0) is 48.5 Å². The van der Waals surface area contributed by atoms with Gasteiger partial charge in [0.1, 0.15) is 6.61 Å². The van der Waals surface area contributed by atoms with E-state index >= 15 is 0 Å². The highest BCUT2D eigenvalue weighted by molar-refractivity contribution is 7.80. The van der Waals surface area contributed by atoms with Crippen LogP contribution in [-0.2, 0) is 14.3 Å². The molecular weight excluding hydrogens is 360 g/mol. The lowest BCUT2D eigenvalue weighted by Gasteiger charge is -2.37. The second-order valence-electron chi connectivity index (χ2n) is 6.36. The van der Waals surface area contributed by atoms with E-state index < -0.39 is 0 Å². The van der Waals surface area contributed by atoms with Crippen molar-refractivity contribution >= 4 is 34.1 Å². The Bertz CT molecular complexity index is 894. The standard InChI is InChI=1S/C21H24N2O3S/c1-4-23-14(2)18(20(24)26-12-11-25-3)19(22-21(23)27)17-10-9-15-7-5-6-8-16(15)13-17/h5-10,13,19H,4,11-12H2,1-3H3,(H,22,27)/t19-/m0/s1. The van der Waals surface area contributed by atoms with Gasteiger partial charge in [-0.3, -0.25) is 0 Å². The molecule has 0 amide bonds. The predicted molar refractivity (Wildman–Crippen MR) is 110 cm³/mol. The minimum absolute atomic E-state index is 0.215. The number of fused-ring (bicyclic) bond motifs is 1. The Labute approximate surface area is 164 Å². The third-order valence-corrected chi connectivity index (χ3v) is 5.10. The Hall–Kier alpha value is -2.44. The summed E-state index contributed by atoms with van der Waals surface area (Å²) in [6.07, 6.45) is 0. The molecule has 0 spiro atoms. The quantitative estimate of drug-likeness (QED) is 0.467. The second kappa shape index (κ2) is 8.50. The molecule has 0 saturated carbocycles. The largest absolute Gasteiger partial charge is 0.460 e. The van der Waals surface area contributed by atoms with E-state index in [1.807, 2.05) is 36.9 Å². The molecule has 142 valence electrons. The van der Waals surface area contributed by atoms with E-state index in [9.17, 15) is 4.79 Å². The average Bonchev–Trinajstić information content (AvgIpc) is 2.67. The molecule has 0 aromatic heterocycles. The predicted octanol–water partition coefficient (Wildman–Crippen LogP) is 3.55. The molecule has 0 fully saturated rings. The lowest BCUT2D eigenvalue weighted by atomic mass is 9.93. The number of hydrogen-bond acceptors (Lipinski definition) is 4. The van der Waals surface area contributed by atoms with Crippen LogP contribution in [0.15, 0.2) is 53.7 Å². The molecule has 1 aliphatic heterocycles. The van der Waals surface area contributed by atoms with Crippen molar-refractivity contribution in [3.63, 3.8) is 0 Å². The van der Waals surface area contributed by atoms with Crippen molar-refractivity contribution in [1.29, 1.82) is 0 Å². The lowest BCUT2D eigenvalue weighted by Crippen LogP contribution is -2.47. The van der Waals surface area contributed by atoms with Crippen LogP contribution in [0, 0.1) is 0 Å². The number of rotatable bonds is 6. The van der Waals surface area contributed by atoms with Gasteiger partial charge >= 0.3 is 5.97 Å². The SMILES string of the molecule is CCN1C(=S)N[C@@H](c2ccc3ccccc3c2)C(C(=O)OCCOC)=C1C. The number of ether oxygens (including phenoxy) is 2. The summed E-state index contributed by atoms with van der Waals surface area (Å²) >= 11 is 5.53. The van der Waals surface area contributed by atoms with Gasteiger partial charge in [-0.2, -0.15) is 0 Å². The third kappa shape index (κ3) is 3.96. The highest BCUT2D eigenvalue weighted by Crippen LogP contribution is 2.32. The molecule has 6 heteroatoms. The molecule has 1 aliphatic rings. The summed E-state index contributed by atoms with van der Waals surface area (Å²) in [5, 5.41) is 6.20. The van der Waals surface area contributed by atoms with Crippen molar-refractivity contribution in [1.82, 2.24) is 10.2 Å². The molecule has 3 rings (SSSR count). The molecule has 0 unspecified atom stereocenters. The van der Waals surface area contributed by atoms with Gasteiger partial charge in [0.25, 0.3) is 0 Å². The van der Waals surface area contributed by atoms with Crippen LogP contribution in [0.4, 0.5) is 0 Å². The molecular formula is C21H24N2O3S. The molecule has 1 heterocycles. The highest BCUT2D eigenvalue weighted by atomic mass is 32.1. The smallest absolute Gasteiger partial charge is 0.338 e. The number of nitrogens with one attached hydrogen (secondary N) is 1. The number of thiocarbonyl (C=S) groups is 1. The van der Waals surface area contributed by atoms with Gasteiger partial charge in [0.15, 0.2) is 5.11 Å². The van der Waals surface area contributed by atoms with Gasteiger partial charge in [0.2, 0.25) is 0 Å². The van der Waals surface area contributed by atoms with E-state index in [1.54, 1.807) is 7.11 Å². The van der Waals surface area contributed by atoms with Crippen LogP contribution < -0.4 is 5.32 Å². The van der Waals surface area contributed by atoms with Crippen LogP contribution in [0.2, 0.25) is 0 Å². The van der Waals surface area contributed by atoms with E-state index in [2.05, 4.69) is 29.6 Å². The number of carbonyl (C=O) groups excluding carboxylic acids is 1. The Morgan fingerprint density at radius 1 is 1.19 bits per heavy atom. The number of allylic oxidation sites excluding steroid dienone is 1. The summed E-state index contributed by atoms with van der Waals surface area (Å²) in [6.45, 7) is 5.17. The molecule has 0 bridgehead atoms. The Balaban J connectivity index is 2.02. The van der Waals surface area contributed by atoms with Crippen LogP contribution >= 0.6 is 12.2 Å². The van der Waals surface area contributed by atoms with Gasteiger partial charge in [0.05, 0.1) is 18.2 Å². The fraction of sp³-hybridized carbons (Fsp3) is 0.333. The minimum Gasteiger partial charge on any atom is -0.460 e. The maximum Gasteiger partial charge on any atom is 0.338 e. The molecule has 1 atom stereocenters. The zero-order chi connectivity index (χ0) is 19.4. The summed E-state index contributed by atoms with van der Waals surface area (Å²) in [4.78, 5) is 14.8. The first-order valence-electron chi connectivity index (χ1n) is 9.00. The molecule has 5 nitrogen and oxygen atoms in total. The first kappa shape index (κ1) is 19.3. The third-order valence-electron chi connectivity index (χ3n) is 4.76. The van der Waals surface area contributed by atoms with Crippen molar-refractivity contribution in [3.05, 3.63) is 59.3 Å². The van der Waals surface area contributed by atoms with Crippen molar-refractivity contribution in [2.45, 2.75) is 19.9 Å². The first-order chi connectivity index (χ1) is 13.1. The van der Waals surface area contributed by atoms with Crippen molar-refractivity contribution in [2.24, 2.45) is 0 Å². The topological polar surface area (TPSA) is 50.8 Å². The fourth-order valence-corrected chi connectivity index (χ4v) is 3.74. The Kier molecular flexibility index (Phi) is 6.08. The van der Waals surface area contributed by atoms with Crippen molar-refractivity contribution < 1.29 is 14.3 Å². The monoisotopic (exact) mass is 384 g/mol. The van der Waals surface area contributed by atoms with Gasteiger partial charge < -0.3 is 19.7 Å².